The van der Waals surface area contributed by atoms with E-state index in [-0.39, 0.29) is 30.3 Å². The highest BCUT2D eigenvalue weighted by Crippen LogP contribution is 2.21. The Morgan fingerprint density at radius 3 is 2.41 bits per heavy atom. The van der Waals surface area contributed by atoms with Gasteiger partial charge >= 0.3 is 0 Å². The van der Waals surface area contributed by atoms with Crippen LogP contribution in [-0.2, 0) is 6.54 Å². The first-order valence-electron chi connectivity index (χ1n) is 8.54. The molecule has 2 amide bonds. The van der Waals surface area contributed by atoms with Crippen LogP contribution in [0, 0.1) is 0 Å². The number of rotatable bonds is 8. The molecule has 0 aliphatic carbocycles. The second kappa shape index (κ2) is 9.53. The maximum Gasteiger partial charge on any atom is 0.257 e. The van der Waals surface area contributed by atoms with E-state index in [1.807, 2.05) is 19.9 Å². The van der Waals surface area contributed by atoms with Gasteiger partial charge < -0.3 is 15.2 Å². The molecule has 0 radical (unpaired) electrons. The molecule has 0 spiro atoms. The summed E-state index contributed by atoms with van der Waals surface area (Å²) < 4.78 is 2.35. The van der Waals surface area contributed by atoms with Crippen LogP contribution in [0.5, 0.6) is 0 Å². The van der Waals surface area contributed by atoms with Gasteiger partial charge in [-0.15, -0.1) is 17.9 Å². The number of carbonyl (C=O) groups excluding carboxylic acids is 2. The summed E-state index contributed by atoms with van der Waals surface area (Å²) in [5.74, 6) is -1.06. The van der Waals surface area contributed by atoms with E-state index >= 15 is 0 Å². The van der Waals surface area contributed by atoms with Gasteiger partial charge in [0.2, 0.25) is 5.43 Å². The average molecular weight is 408 g/mol. The van der Waals surface area contributed by atoms with Crippen LogP contribution in [0.25, 0.3) is 0 Å². The molecule has 8 heteroatoms. The quantitative estimate of drug-likeness (QED) is 0.658. The van der Waals surface area contributed by atoms with Gasteiger partial charge in [0.05, 0.1) is 10.9 Å². The number of nitrogens with one attached hydrogen (secondary N) is 2. The first kappa shape index (κ1) is 20.9. The van der Waals surface area contributed by atoms with Crippen molar-refractivity contribution in [2.45, 2.75) is 32.9 Å². The molecule has 2 heterocycles. The Labute approximate surface area is 166 Å². The van der Waals surface area contributed by atoms with Crippen molar-refractivity contribution in [3.8, 4) is 0 Å². The minimum Gasteiger partial charge on any atom is -0.350 e. The van der Waals surface area contributed by atoms with E-state index in [0.29, 0.717) is 4.34 Å². The van der Waals surface area contributed by atoms with E-state index < -0.39 is 17.2 Å². The van der Waals surface area contributed by atoms with Crippen LogP contribution in [0.15, 0.2) is 42.0 Å². The van der Waals surface area contributed by atoms with Gasteiger partial charge in [-0.1, -0.05) is 24.6 Å². The Bertz CT molecular complexity index is 904. The van der Waals surface area contributed by atoms with Gasteiger partial charge in [-0.2, -0.15) is 0 Å². The summed E-state index contributed by atoms with van der Waals surface area (Å²) in [5, 5.41) is 5.30. The van der Waals surface area contributed by atoms with Crippen molar-refractivity contribution < 1.29 is 9.59 Å². The van der Waals surface area contributed by atoms with Crippen molar-refractivity contribution in [3.05, 3.63) is 67.7 Å². The zero-order valence-corrected chi connectivity index (χ0v) is 16.8. The third-order valence-corrected chi connectivity index (χ3v) is 5.32. The Hall–Kier alpha value is -2.38. The number of aromatic nitrogens is 1. The Morgan fingerprint density at radius 2 is 1.89 bits per heavy atom. The van der Waals surface area contributed by atoms with Crippen LogP contribution in [0.3, 0.4) is 0 Å². The summed E-state index contributed by atoms with van der Waals surface area (Å²) in [6.45, 7) is 7.96. The molecule has 0 saturated heterocycles. The fourth-order valence-electron chi connectivity index (χ4n) is 2.36. The van der Waals surface area contributed by atoms with Gasteiger partial charge in [-0.25, -0.2) is 0 Å². The molecule has 2 aromatic heterocycles. The highest BCUT2D eigenvalue weighted by molar-refractivity contribution is 7.16. The molecule has 0 bridgehead atoms. The van der Waals surface area contributed by atoms with E-state index in [0.717, 1.165) is 11.3 Å². The molecule has 27 heavy (non-hydrogen) atoms. The minimum atomic E-state index is -0.599. The fraction of sp³-hybridized carbons (Fsp3) is 0.316. The molecule has 2 N–H and O–H groups in total. The number of nitrogens with zero attached hydrogens (tertiary/aromatic N) is 1. The molecule has 6 nitrogen and oxygen atoms in total. The minimum absolute atomic E-state index is 0.0270. The first-order valence-corrected chi connectivity index (χ1v) is 9.74. The zero-order valence-electron chi connectivity index (χ0n) is 15.3. The highest BCUT2D eigenvalue weighted by atomic mass is 35.5. The van der Waals surface area contributed by atoms with Crippen LogP contribution >= 0.6 is 22.9 Å². The summed E-state index contributed by atoms with van der Waals surface area (Å²) >= 11 is 7.24. The number of hydrogen-bond acceptors (Lipinski definition) is 4. The lowest BCUT2D eigenvalue weighted by molar-refractivity contribution is 0.0949. The molecule has 1 unspecified atom stereocenters. The van der Waals surface area contributed by atoms with Crippen molar-refractivity contribution in [2.75, 3.05) is 6.54 Å². The van der Waals surface area contributed by atoms with E-state index in [4.69, 9.17) is 11.6 Å². The van der Waals surface area contributed by atoms with Crippen LogP contribution < -0.4 is 16.1 Å². The fourth-order valence-corrected chi connectivity index (χ4v) is 3.38. The smallest absolute Gasteiger partial charge is 0.257 e. The summed E-state index contributed by atoms with van der Waals surface area (Å²) in [6, 6.07) is 3.58. The van der Waals surface area contributed by atoms with Crippen molar-refractivity contribution in [1.82, 2.24) is 15.2 Å². The van der Waals surface area contributed by atoms with Gasteiger partial charge in [0.1, 0.15) is 11.1 Å². The zero-order chi connectivity index (χ0) is 20.0. The van der Waals surface area contributed by atoms with Gasteiger partial charge in [0, 0.05) is 29.9 Å². The summed E-state index contributed by atoms with van der Waals surface area (Å²) in [7, 11) is 0. The lowest BCUT2D eigenvalue weighted by Gasteiger charge is -2.17. The van der Waals surface area contributed by atoms with Crippen molar-refractivity contribution >= 4 is 34.8 Å². The second-order valence-electron chi connectivity index (χ2n) is 6.01. The normalized spacial score (nSPS) is 11.7. The van der Waals surface area contributed by atoms with Gasteiger partial charge in [-0.05, 0) is 25.5 Å². The summed E-state index contributed by atoms with van der Waals surface area (Å²) in [6.07, 6.45) is 5.29. The molecular formula is C19H22ClN3O3S. The predicted molar refractivity (Wildman–Crippen MR) is 109 cm³/mol. The molecule has 0 fully saturated rings. The molecule has 1 atom stereocenters. The topological polar surface area (TPSA) is 80.2 Å². The van der Waals surface area contributed by atoms with Gasteiger partial charge in [0.15, 0.2) is 0 Å². The Balaban J connectivity index is 2.34. The molecule has 0 aromatic carbocycles. The SMILES string of the molecule is C=CCNC(=O)c1cn(C(C)CC)cc(C(=O)NCc2ccc(Cl)s2)c1=O. The number of thiophene rings is 1. The number of hydrogen-bond donors (Lipinski definition) is 2. The Morgan fingerprint density at radius 1 is 1.26 bits per heavy atom. The molecule has 0 aliphatic rings. The molecular weight excluding hydrogens is 386 g/mol. The largest absolute Gasteiger partial charge is 0.350 e. The summed E-state index contributed by atoms with van der Waals surface area (Å²) in [5.41, 5.74) is -0.731. The molecule has 2 aromatic rings. The standard InChI is InChI=1S/C19H22ClN3O3S/c1-4-8-21-18(25)14-10-23(12(3)5-2)11-15(17(14)24)19(26)22-9-13-6-7-16(20)27-13/h4,6-7,10-12H,1,5,8-9H2,2-3H3,(H,21,25)(H,22,26). The maximum atomic E-state index is 12.7. The van der Waals surface area contributed by atoms with Crippen LogP contribution in [0.2, 0.25) is 4.34 Å². The van der Waals surface area contributed by atoms with Crippen molar-refractivity contribution in [1.29, 1.82) is 0 Å². The average Bonchev–Trinajstić information content (AvgIpc) is 3.08. The third-order valence-electron chi connectivity index (χ3n) is 4.09. The number of carbonyl (C=O) groups is 2. The summed E-state index contributed by atoms with van der Waals surface area (Å²) in [4.78, 5) is 38.5. The predicted octanol–water partition coefficient (Wildman–Crippen LogP) is 3.38. The first-order chi connectivity index (χ1) is 12.9. The van der Waals surface area contributed by atoms with Crippen LogP contribution in [0.1, 0.15) is 51.9 Å². The Kier molecular flexibility index (Phi) is 7.38. The molecule has 0 saturated carbocycles. The van der Waals surface area contributed by atoms with Crippen molar-refractivity contribution in [3.63, 3.8) is 0 Å². The van der Waals surface area contributed by atoms with E-state index in [1.165, 1.54) is 29.8 Å². The number of halogens is 1. The number of pyridine rings is 1. The van der Waals surface area contributed by atoms with E-state index in [9.17, 15) is 14.4 Å². The third kappa shape index (κ3) is 5.30. The number of amides is 2. The van der Waals surface area contributed by atoms with Crippen LogP contribution in [-0.4, -0.2) is 22.9 Å². The lowest BCUT2D eigenvalue weighted by atomic mass is 10.1. The van der Waals surface area contributed by atoms with Crippen LogP contribution in [0.4, 0.5) is 0 Å². The van der Waals surface area contributed by atoms with Crippen molar-refractivity contribution in [2.24, 2.45) is 0 Å². The molecule has 0 aliphatic heterocycles. The van der Waals surface area contributed by atoms with Gasteiger partial charge in [-0.3, -0.25) is 14.4 Å². The monoisotopic (exact) mass is 407 g/mol. The van der Waals surface area contributed by atoms with E-state index in [2.05, 4.69) is 17.2 Å². The molecule has 2 rings (SSSR count). The van der Waals surface area contributed by atoms with E-state index in [1.54, 1.807) is 10.6 Å². The highest BCUT2D eigenvalue weighted by Gasteiger charge is 2.20. The molecule has 144 valence electrons. The second-order valence-corrected chi connectivity index (χ2v) is 7.81. The maximum absolute atomic E-state index is 12.7. The lowest BCUT2D eigenvalue weighted by Crippen LogP contribution is -2.35. The van der Waals surface area contributed by atoms with Gasteiger partial charge in [0.25, 0.3) is 11.8 Å².